The molecule has 14 heavy (non-hydrogen) atoms. The van der Waals surface area contributed by atoms with Gasteiger partial charge in [-0.25, -0.2) is 0 Å². The summed E-state index contributed by atoms with van der Waals surface area (Å²) in [6.07, 6.45) is -6.64. The van der Waals surface area contributed by atoms with E-state index in [0.29, 0.717) is 0 Å². The molecule has 0 aliphatic heterocycles. The monoisotopic (exact) mass is 320 g/mol. The summed E-state index contributed by atoms with van der Waals surface area (Å²) < 4.78 is 80.2. The van der Waals surface area contributed by atoms with E-state index in [1.165, 1.54) is 0 Å². The number of aliphatic carboxylic acids is 1. The zero-order valence-electron chi connectivity index (χ0n) is 5.76. The van der Waals surface area contributed by atoms with Gasteiger partial charge in [-0.15, -0.1) is 0 Å². The Morgan fingerprint density at radius 3 is 1.29 bits per heavy atom. The molecular formula is C4AgF7O2. The second kappa shape index (κ2) is 4.07. The van der Waals surface area contributed by atoms with E-state index in [4.69, 9.17) is 0 Å². The van der Waals surface area contributed by atoms with Gasteiger partial charge < -0.3 is 9.90 Å². The zero-order chi connectivity index (χ0) is 11.1. The zero-order valence-corrected chi connectivity index (χ0v) is 7.25. The summed E-state index contributed by atoms with van der Waals surface area (Å²) in [5.74, 6) is -16.7. The first-order valence-corrected chi connectivity index (χ1v) is 2.48. The van der Waals surface area contributed by atoms with E-state index in [1.807, 2.05) is 0 Å². The van der Waals surface area contributed by atoms with Crippen molar-refractivity contribution in [3.05, 3.63) is 0 Å². The van der Waals surface area contributed by atoms with Gasteiger partial charge in [0.1, 0.15) is 5.97 Å². The van der Waals surface area contributed by atoms with Crippen LogP contribution in [0, 0.1) is 0 Å². The molecule has 0 saturated heterocycles. The molecule has 0 aromatic heterocycles. The van der Waals surface area contributed by atoms with Gasteiger partial charge >= 0.3 is 40.4 Å². The molecule has 0 aromatic carbocycles. The number of carbonyl (C=O) groups is 1. The van der Waals surface area contributed by atoms with Gasteiger partial charge in [0, 0.05) is 0 Å². The molecule has 0 saturated carbocycles. The number of carboxylic acids is 1. The van der Waals surface area contributed by atoms with Gasteiger partial charge in [-0.1, -0.05) is 0 Å². The summed E-state index contributed by atoms with van der Waals surface area (Å²) in [5.41, 5.74) is 0. The average Bonchev–Trinajstić information content (AvgIpc) is 1.84. The van der Waals surface area contributed by atoms with Crippen LogP contribution in [-0.4, -0.2) is 24.0 Å². The van der Waals surface area contributed by atoms with Crippen LogP contribution in [0.5, 0.6) is 0 Å². The molecule has 0 spiro atoms. The topological polar surface area (TPSA) is 40.1 Å². The molecule has 0 heterocycles. The number of alkyl halides is 7. The second-order valence-corrected chi connectivity index (χ2v) is 1.93. The quantitative estimate of drug-likeness (QED) is 0.551. The Labute approximate surface area is 87.6 Å². The van der Waals surface area contributed by atoms with Crippen LogP contribution in [0.25, 0.3) is 0 Å². The van der Waals surface area contributed by atoms with Gasteiger partial charge in [-0.05, 0) is 0 Å². The summed E-state index contributed by atoms with van der Waals surface area (Å²) in [6.45, 7) is 0. The van der Waals surface area contributed by atoms with E-state index >= 15 is 0 Å². The number of hydrogen-bond donors (Lipinski definition) is 0. The Balaban J connectivity index is 0. The predicted molar refractivity (Wildman–Crippen MR) is 21.0 cm³/mol. The SMILES string of the molecule is O=C([O-])C(F)(F)C(F)(F)C(F)(F)F.[Ag+]. The molecule has 0 unspecified atom stereocenters. The second-order valence-electron chi connectivity index (χ2n) is 1.93. The number of rotatable bonds is 2. The maximum absolute atomic E-state index is 11.7. The van der Waals surface area contributed by atoms with E-state index in [0.717, 1.165) is 0 Å². The summed E-state index contributed by atoms with van der Waals surface area (Å²) in [7, 11) is 0. The average molecular weight is 321 g/mol. The summed E-state index contributed by atoms with van der Waals surface area (Å²) >= 11 is 0. The molecular weight excluding hydrogens is 321 g/mol. The molecule has 0 radical (unpaired) electrons. The Morgan fingerprint density at radius 1 is 0.929 bits per heavy atom. The van der Waals surface area contributed by atoms with Gasteiger partial charge in [0.2, 0.25) is 0 Å². The molecule has 88 valence electrons. The van der Waals surface area contributed by atoms with Crippen molar-refractivity contribution in [2.45, 2.75) is 18.0 Å². The first kappa shape index (κ1) is 16.2. The Bertz CT molecular complexity index is 222. The van der Waals surface area contributed by atoms with Crippen molar-refractivity contribution in [3.63, 3.8) is 0 Å². The van der Waals surface area contributed by atoms with E-state index in [9.17, 15) is 40.6 Å². The van der Waals surface area contributed by atoms with Crippen LogP contribution in [0.4, 0.5) is 30.7 Å². The van der Waals surface area contributed by atoms with Crippen LogP contribution < -0.4 is 5.11 Å². The third-order valence-electron chi connectivity index (χ3n) is 1.01. The van der Waals surface area contributed by atoms with E-state index < -0.39 is 24.0 Å². The molecule has 10 heteroatoms. The molecule has 0 N–H and O–H groups in total. The maximum atomic E-state index is 11.7. The maximum Gasteiger partial charge on any atom is 1.00 e. The molecule has 2 nitrogen and oxygen atoms in total. The van der Waals surface area contributed by atoms with E-state index in [-0.39, 0.29) is 22.4 Å². The molecule has 0 atom stereocenters. The minimum absolute atomic E-state index is 0. The van der Waals surface area contributed by atoms with Gasteiger partial charge in [0.25, 0.3) is 0 Å². The first-order chi connectivity index (χ1) is 5.44. The van der Waals surface area contributed by atoms with Crippen molar-refractivity contribution in [2.75, 3.05) is 0 Å². The molecule has 0 rings (SSSR count). The minimum atomic E-state index is -6.64. The first-order valence-electron chi connectivity index (χ1n) is 2.48. The van der Waals surface area contributed by atoms with Crippen LogP contribution in [0.1, 0.15) is 0 Å². The van der Waals surface area contributed by atoms with Crippen molar-refractivity contribution < 1.29 is 63.0 Å². The normalized spacial score (nSPS) is 13.4. The van der Waals surface area contributed by atoms with Gasteiger partial charge in [0.15, 0.2) is 0 Å². The fourth-order valence-electron chi connectivity index (χ4n) is 0.306. The molecule has 0 aromatic rings. The molecule has 0 aliphatic carbocycles. The number of hydrogen-bond acceptors (Lipinski definition) is 2. The molecule has 0 bridgehead atoms. The van der Waals surface area contributed by atoms with Crippen molar-refractivity contribution in [1.82, 2.24) is 0 Å². The number of carbonyl (C=O) groups excluding carboxylic acids is 1. The van der Waals surface area contributed by atoms with Crippen LogP contribution in [0.3, 0.4) is 0 Å². The largest absolute Gasteiger partial charge is 1.00 e. The van der Waals surface area contributed by atoms with Crippen LogP contribution in [0.15, 0.2) is 0 Å². The smallest absolute Gasteiger partial charge is 0.544 e. The third kappa shape index (κ3) is 2.39. The van der Waals surface area contributed by atoms with E-state index in [1.54, 1.807) is 0 Å². The van der Waals surface area contributed by atoms with Gasteiger partial charge in [-0.2, -0.15) is 30.7 Å². The number of halogens is 7. The van der Waals surface area contributed by atoms with Crippen molar-refractivity contribution in [2.24, 2.45) is 0 Å². The molecule has 0 aliphatic rings. The Kier molecular flexibility index (Phi) is 4.70. The Hall–Kier alpha value is -0.280. The Morgan fingerprint density at radius 2 is 1.21 bits per heavy atom. The van der Waals surface area contributed by atoms with Gasteiger partial charge in [-0.3, -0.25) is 0 Å². The van der Waals surface area contributed by atoms with E-state index in [2.05, 4.69) is 0 Å². The predicted octanol–water partition coefficient (Wildman–Crippen LogP) is 0.567. The van der Waals surface area contributed by atoms with Crippen molar-refractivity contribution in [1.29, 1.82) is 0 Å². The molecule has 0 fully saturated rings. The summed E-state index contributed by atoms with van der Waals surface area (Å²) in [4.78, 5) is 9.27. The minimum Gasteiger partial charge on any atom is -0.544 e. The summed E-state index contributed by atoms with van der Waals surface area (Å²) in [5, 5.41) is 9.27. The van der Waals surface area contributed by atoms with Gasteiger partial charge in [0.05, 0.1) is 0 Å². The third-order valence-corrected chi connectivity index (χ3v) is 1.01. The van der Waals surface area contributed by atoms with Crippen molar-refractivity contribution in [3.8, 4) is 0 Å². The van der Waals surface area contributed by atoms with Crippen LogP contribution in [-0.2, 0) is 27.2 Å². The standard InChI is InChI=1S/C4HF7O2.Ag/c5-2(6,1(12)13)3(7,8)4(9,10)11;/h(H,12,13);/q;+1/p-1. The van der Waals surface area contributed by atoms with Crippen LogP contribution >= 0.6 is 0 Å². The van der Waals surface area contributed by atoms with Crippen LogP contribution in [0.2, 0.25) is 0 Å². The fourth-order valence-corrected chi connectivity index (χ4v) is 0.306. The van der Waals surface area contributed by atoms with Crippen molar-refractivity contribution >= 4 is 5.97 Å². The fraction of sp³-hybridized carbons (Fsp3) is 0.750. The summed E-state index contributed by atoms with van der Waals surface area (Å²) in [6, 6.07) is 0. The number of carboxylic acid groups (broad SMARTS) is 1. The molecule has 0 amide bonds.